The van der Waals surface area contributed by atoms with Crippen molar-refractivity contribution in [3.05, 3.63) is 12.2 Å². The SMILES string of the molecule is C=C(CNC(=O)CCCCCCN)[C@@H]1CC[C@]2(C)CC[C@]3(C)[C@H](CC[C@@H]4[C@@]5(C)CC[C@H](OC(=O)CCCC(N)=O)C(C)(C)[C@@H]5CC[C@]43C)[C@@H]12. The quantitative estimate of drug-likeness (QED) is 0.0968. The van der Waals surface area contributed by atoms with E-state index in [1.54, 1.807) is 0 Å². The fraction of sp³-hybridized carbons (Fsp3) is 0.881. The first-order valence-corrected chi connectivity index (χ1v) is 20.2. The molecule has 5 saturated carbocycles. The molecule has 0 saturated heterocycles. The molecule has 5 aliphatic rings. The van der Waals surface area contributed by atoms with Crippen molar-refractivity contribution in [2.45, 2.75) is 163 Å². The van der Waals surface area contributed by atoms with E-state index in [2.05, 4.69) is 53.4 Å². The third-order valence-corrected chi connectivity index (χ3v) is 16.3. The van der Waals surface area contributed by atoms with Crippen LogP contribution in [0.5, 0.6) is 0 Å². The molecule has 0 radical (unpaired) electrons. The average molecular weight is 682 g/mol. The largest absolute Gasteiger partial charge is 0.462 e. The number of amides is 2. The molecule has 7 heteroatoms. The summed E-state index contributed by atoms with van der Waals surface area (Å²) >= 11 is 0. The van der Waals surface area contributed by atoms with Crippen LogP contribution in [0.3, 0.4) is 0 Å². The van der Waals surface area contributed by atoms with Gasteiger partial charge in [0.2, 0.25) is 11.8 Å². The predicted octanol–water partition coefficient (Wildman–Crippen LogP) is 8.24. The minimum atomic E-state index is -0.365. The Bertz CT molecular complexity index is 1250. The fourth-order valence-electron chi connectivity index (χ4n) is 13.4. The monoisotopic (exact) mass is 682 g/mol. The molecule has 5 rings (SSSR count). The Morgan fingerprint density at radius 2 is 1.49 bits per heavy atom. The number of rotatable bonds is 14. The summed E-state index contributed by atoms with van der Waals surface area (Å²) in [6.07, 6.45) is 17.7. The van der Waals surface area contributed by atoms with Crippen LogP contribution in [0.2, 0.25) is 0 Å². The molecule has 5 aliphatic carbocycles. The highest BCUT2D eigenvalue weighted by molar-refractivity contribution is 5.76. The molecule has 0 spiro atoms. The number of hydrogen-bond acceptors (Lipinski definition) is 5. The summed E-state index contributed by atoms with van der Waals surface area (Å²) in [7, 11) is 0. The van der Waals surface area contributed by atoms with Gasteiger partial charge in [0.15, 0.2) is 0 Å². The average Bonchev–Trinajstić information content (AvgIpc) is 3.39. The third-order valence-electron chi connectivity index (χ3n) is 16.3. The Kier molecular flexibility index (Phi) is 11.4. The standard InChI is InChI=1S/C42H71N3O4/c1-28(27-45-35(47)14-10-8-9-11-26-43)29-18-21-39(4)24-25-41(6)30(37(29)39)16-17-32-40(5)22-20-33(49-36(48)15-12-13-34(44)46)38(2,3)31(40)19-23-42(32,41)7/h29-33,37H,1,8-27,43H2,2-7H3,(H2,44,46)(H,45,47)/t29-,30+,31-,32+,33-,37+,39+,40-,41+,42+/m0/s1. The minimum Gasteiger partial charge on any atom is -0.462 e. The van der Waals surface area contributed by atoms with E-state index in [9.17, 15) is 14.4 Å². The molecular weight excluding hydrogens is 610 g/mol. The van der Waals surface area contributed by atoms with Gasteiger partial charge in [-0.05, 0) is 141 Å². The van der Waals surface area contributed by atoms with Crippen molar-refractivity contribution in [2.24, 2.45) is 68.1 Å². The summed E-state index contributed by atoms with van der Waals surface area (Å²) in [4.78, 5) is 36.7. The normalized spacial score (nSPS) is 40.6. The van der Waals surface area contributed by atoms with E-state index in [0.717, 1.165) is 45.1 Å². The van der Waals surface area contributed by atoms with Crippen LogP contribution in [-0.2, 0) is 19.1 Å². The van der Waals surface area contributed by atoms with Gasteiger partial charge < -0.3 is 21.5 Å². The summed E-state index contributed by atoms with van der Waals surface area (Å²) in [6, 6.07) is 0. The van der Waals surface area contributed by atoms with Crippen LogP contribution in [0, 0.1) is 56.7 Å². The van der Waals surface area contributed by atoms with Gasteiger partial charge in [-0.1, -0.05) is 66.5 Å². The van der Waals surface area contributed by atoms with E-state index < -0.39 is 0 Å². The van der Waals surface area contributed by atoms with Gasteiger partial charge in [0, 0.05) is 31.2 Å². The highest BCUT2D eigenvalue weighted by Gasteiger charge is 2.70. The zero-order valence-corrected chi connectivity index (χ0v) is 32.1. The van der Waals surface area contributed by atoms with E-state index in [0.29, 0.717) is 54.4 Å². The second-order valence-corrected chi connectivity index (χ2v) is 19.0. The molecule has 10 atom stereocenters. The lowest BCUT2D eigenvalue weighted by molar-refractivity contribution is -0.249. The van der Waals surface area contributed by atoms with Gasteiger partial charge in [-0.2, -0.15) is 0 Å². The van der Waals surface area contributed by atoms with E-state index in [1.165, 1.54) is 56.9 Å². The predicted molar refractivity (Wildman–Crippen MR) is 197 cm³/mol. The Labute approximate surface area is 298 Å². The van der Waals surface area contributed by atoms with E-state index in [-0.39, 0.29) is 58.4 Å². The second-order valence-electron chi connectivity index (χ2n) is 19.0. The van der Waals surface area contributed by atoms with E-state index in [1.807, 2.05) is 0 Å². The van der Waals surface area contributed by atoms with Crippen molar-refractivity contribution in [2.75, 3.05) is 13.1 Å². The molecule has 278 valence electrons. The van der Waals surface area contributed by atoms with Gasteiger partial charge in [0.25, 0.3) is 0 Å². The number of nitrogens with one attached hydrogen (secondary N) is 1. The summed E-state index contributed by atoms with van der Waals surface area (Å²) in [6.45, 7) is 21.3. The van der Waals surface area contributed by atoms with Crippen LogP contribution in [0.25, 0.3) is 0 Å². The summed E-state index contributed by atoms with van der Waals surface area (Å²) < 4.78 is 6.18. The molecule has 0 aromatic rings. The molecule has 5 N–H and O–H groups in total. The van der Waals surface area contributed by atoms with Crippen molar-refractivity contribution >= 4 is 17.8 Å². The van der Waals surface area contributed by atoms with E-state index >= 15 is 0 Å². The summed E-state index contributed by atoms with van der Waals surface area (Å²) in [5.74, 6) is 2.58. The highest BCUT2D eigenvalue weighted by atomic mass is 16.5. The molecular formula is C42H71N3O4. The number of carbonyl (C=O) groups excluding carboxylic acids is 3. The first-order valence-electron chi connectivity index (χ1n) is 20.2. The maximum Gasteiger partial charge on any atom is 0.306 e. The van der Waals surface area contributed by atoms with Gasteiger partial charge in [-0.3, -0.25) is 14.4 Å². The number of nitrogens with two attached hydrogens (primary N) is 2. The van der Waals surface area contributed by atoms with Crippen LogP contribution in [0.1, 0.15) is 157 Å². The molecule has 0 aromatic carbocycles. The fourth-order valence-corrected chi connectivity index (χ4v) is 13.4. The Balaban J connectivity index is 1.28. The van der Waals surface area contributed by atoms with Gasteiger partial charge in [-0.15, -0.1) is 0 Å². The van der Waals surface area contributed by atoms with Crippen LogP contribution in [-0.4, -0.2) is 37.0 Å². The molecule has 2 amide bonds. The molecule has 0 heterocycles. The second kappa shape index (κ2) is 14.6. The maximum atomic E-state index is 12.8. The number of hydrogen-bond donors (Lipinski definition) is 3. The van der Waals surface area contributed by atoms with Gasteiger partial charge >= 0.3 is 5.97 Å². The number of ether oxygens (including phenoxy) is 1. The number of fused-ring (bicyclic) bond motifs is 7. The Hall–Kier alpha value is -1.89. The molecule has 0 aliphatic heterocycles. The van der Waals surface area contributed by atoms with Gasteiger partial charge in [-0.25, -0.2) is 0 Å². The summed E-state index contributed by atoms with van der Waals surface area (Å²) in [5, 5.41) is 3.25. The van der Waals surface area contributed by atoms with Crippen molar-refractivity contribution in [1.29, 1.82) is 0 Å². The van der Waals surface area contributed by atoms with Gasteiger partial charge in [0.05, 0.1) is 0 Å². The van der Waals surface area contributed by atoms with Crippen molar-refractivity contribution in [3.8, 4) is 0 Å². The maximum absolute atomic E-state index is 12.8. The van der Waals surface area contributed by atoms with E-state index in [4.69, 9.17) is 16.2 Å². The Morgan fingerprint density at radius 1 is 0.755 bits per heavy atom. The van der Waals surface area contributed by atoms with Crippen molar-refractivity contribution < 1.29 is 19.1 Å². The highest BCUT2D eigenvalue weighted by Crippen LogP contribution is 2.77. The smallest absolute Gasteiger partial charge is 0.306 e. The zero-order chi connectivity index (χ0) is 35.8. The molecule has 7 nitrogen and oxygen atoms in total. The lowest BCUT2D eigenvalue weighted by Gasteiger charge is -2.73. The van der Waals surface area contributed by atoms with Crippen molar-refractivity contribution in [3.63, 3.8) is 0 Å². The number of primary amides is 1. The molecule has 0 unspecified atom stereocenters. The van der Waals surface area contributed by atoms with Crippen LogP contribution in [0.15, 0.2) is 12.2 Å². The Morgan fingerprint density at radius 3 is 2.20 bits per heavy atom. The lowest BCUT2D eigenvalue weighted by Crippen LogP contribution is -2.66. The van der Waals surface area contributed by atoms with Crippen LogP contribution < -0.4 is 16.8 Å². The number of esters is 1. The third kappa shape index (κ3) is 7.01. The van der Waals surface area contributed by atoms with Crippen LogP contribution in [0.4, 0.5) is 0 Å². The van der Waals surface area contributed by atoms with Gasteiger partial charge in [0.1, 0.15) is 6.10 Å². The number of carbonyl (C=O) groups is 3. The van der Waals surface area contributed by atoms with Crippen LogP contribution >= 0.6 is 0 Å². The molecule has 5 fully saturated rings. The molecule has 49 heavy (non-hydrogen) atoms. The lowest BCUT2D eigenvalue weighted by atomic mass is 9.32. The summed E-state index contributed by atoms with van der Waals surface area (Å²) in [5.41, 5.74) is 13.2. The molecule has 0 bridgehead atoms. The first-order chi connectivity index (χ1) is 23.0. The topological polar surface area (TPSA) is 125 Å². The number of unbranched alkanes of at least 4 members (excludes halogenated alkanes) is 3. The molecule has 0 aromatic heterocycles. The van der Waals surface area contributed by atoms with Crippen molar-refractivity contribution in [1.82, 2.24) is 5.32 Å². The minimum absolute atomic E-state index is 0.0831. The first kappa shape index (κ1) is 38.3. The zero-order valence-electron chi connectivity index (χ0n) is 32.1.